The Bertz CT molecular complexity index is 243. The number of alkyl halides is 3. The zero-order valence-corrected chi connectivity index (χ0v) is 9.04. The number of amides is 1. The normalized spacial score (nSPS) is 13.3. The van der Waals surface area contributed by atoms with Gasteiger partial charge in [0.25, 0.3) is 0 Å². The predicted octanol–water partition coefficient (Wildman–Crippen LogP) is 1.51. The van der Waals surface area contributed by atoms with Crippen LogP contribution in [0.5, 0.6) is 0 Å². The highest BCUT2D eigenvalue weighted by Gasteiger charge is 2.31. The Morgan fingerprint density at radius 1 is 1.53 bits per heavy atom. The van der Waals surface area contributed by atoms with Crippen molar-refractivity contribution >= 4 is 23.1 Å². The number of thiocarbonyl (C=S) groups is 1. The second-order valence-corrected chi connectivity index (χ2v) is 3.66. The van der Waals surface area contributed by atoms with Gasteiger partial charge in [-0.05, 0) is 6.42 Å². The molecule has 0 heterocycles. The molecular formula is C8H13F3N2OS. The predicted molar refractivity (Wildman–Crippen MR) is 54.3 cm³/mol. The highest BCUT2D eigenvalue weighted by atomic mass is 32.1. The molecule has 0 bridgehead atoms. The molecule has 0 aliphatic rings. The number of nitrogens with one attached hydrogen (secondary N) is 1. The van der Waals surface area contributed by atoms with Crippen LogP contribution in [0.4, 0.5) is 13.2 Å². The Labute approximate surface area is 91.2 Å². The summed E-state index contributed by atoms with van der Waals surface area (Å²) in [6.45, 7) is 1.73. The third-order valence-electron chi connectivity index (χ3n) is 1.67. The van der Waals surface area contributed by atoms with Crippen LogP contribution in [-0.4, -0.2) is 23.1 Å². The van der Waals surface area contributed by atoms with Gasteiger partial charge < -0.3 is 11.1 Å². The molecule has 3 N–H and O–H groups in total. The Morgan fingerprint density at radius 2 is 2.07 bits per heavy atom. The van der Waals surface area contributed by atoms with Crippen molar-refractivity contribution in [1.82, 2.24) is 5.32 Å². The van der Waals surface area contributed by atoms with Gasteiger partial charge in [-0.15, -0.1) is 0 Å². The Morgan fingerprint density at radius 3 is 2.40 bits per heavy atom. The van der Waals surface area contributed by atoms with E-state index in [0.29, 0.717) is 6.42 Å². The summed E-state index contributed by atoms with van der Waals surface area (Å²) >= 11 is 4.60. The highest BCUT2D eigenvalue weighted by Crippen LogP contribution is 2.19. The van der Waals surface area contributed by atoms with Crippen molar-refractivity contribution in [3.05, 3.63) is 0 Å². The van der Waals surface area contributed by atoms with Crippen LogP contribution in [0, 0.1) is 0 Å². The van der Waals surface area contributed by atoms with Crippen LogP contribution in [-0.2, 0) is 4.79 Å². The monoisotopic (exact) mass is 242 g/mol. The van der Waals surface area contributed by atoms with Crippen molar-refractivity contribution in [3.63, 3.8) is 0 Å². The standard InChI is InChI=1S/C8H13F3N2OS/c1-2-5(3-6(12)15)13-7(14)4-8(9,10)11/h5H,2-4H2,1H3,(H2,12,15)(H,13,14). The molecule has 0 radical (unpaired) electrons. The molecule has 0 saturated heterocycles. The quantitative estimate of drug-likeness (QED) is 0.718. The first-order chi connectivity index (χ1) is 6.74. The summed E-state index contributed by atoms with van der Waals surface area (Å²) in [5.74, 6) is -1.05. The lowest BCUT2D eigenvalue weighted by molar-refractivity contribution is -0.154. The van der Waals surface area contributed by atoms with Crippen LogP contribution in [0.2, 0.25) is 0 Å². The van der Waals surface area contributed by atoms with Gasteiger partial charge in [-0.2, -0.15) is 13.2 Å². The molecular weight excluding hydrogens is 229 g/mol. The molecule has 0 saturated carbocycles. The summed E-state index contributed by atoms with van der Waals surface area (Å²) in [6.07, 6.45) is -5.25. The molecule has 0 aromatic carbocycles. The number of carbonyl (C=O) groups is 1. The Kier molecular flexibility index (Phi) is 5.56. The second kappa shape index (κ2) is 5.89. The van der Waals surface area contributed by atoms with Crippen molar-refractivity contribution in [2.24, 2.45) is 5.73 Å². The van der Waals surface area contributed by atoms with Gasteiger partial charge in [-0.3, -0.25) is 4.79 Å². The minimum atomic E-state index is -4.48. The molecule has 7 heteroatoms. The molecule has 0 aliphatic carbocycles. The molecule has 0 aromatic heterocycles. The molecule has 0 fully saturated rings. The minimum absolute atomic E-state index is 0.175. The van der Waals surface area contributed by atoms with Gasteiger partial charge in [0, 0.05) is 12.5 Å². The zero-order valence-electron chi connectivity index (χ0n) is 8.23. The average molecular weight is 242 g/mol. The first kappa shape index (κ1) is 14.2. The topological polar surface area (TPSA) is 55.1 Å². The van der Waals surface area contributed by atoms with Gasteiger partial charge in [0.15, 0.2) is 0 Å². The van der Waals surface area contributed by atoms with Gasteiger partial charge in [0.1, 0.15) is 6.42 Å². The van der Waals surface area contributed by atoms with E-state index in [0.717, 1.165) is 0 Å². The Hall–Kier alpha value is -0.850. The van der Waals surface area contributed by atoms with Crippen LogP contribution in [0.1, 0.15) is 26.2 Å². The van der Waals surface area contributed by atoms with Gasteiger partial charge in [0.2, 0.25) is 5.91 Å². The summed E-state index contributed by atoms with van der Waals surface area (Å²) < 4.78 is 35.4. The smallest absolute Gasteiger partial charge is 0.393 e. The Balaban J connectivity index is 4.07. The van der Waals surface area contributed by atoms with E-state index in [-0.39, 0.29) is 11.4 Å². The third-order valence-corrected chi connectivity index (χ3v) is 1.83. The number of hydrogen-bond acceptors (Lipinski definition) is 2. The fourth-order valence-corrected chi connectivity index (χ4v) is 1.20. The van der Waals surface area contributed by atoms with E-state index in [1.165, 1.54) is 0 Å². The summed E-state index contributed by atoms with van der Waals surface area (Å²) in [5.41, 5.74) is 5.23. The number of carbonyl (C=O) groups excluding carboxylic acids is 1. The molecule has 0 spiro atoms. The molecule has 1 unspecified atom stereocenters. The largest absolute Gasteiger partial charge is 0.397 e. The number of rotatable bonds is 5. The van der Waals surface area contributed by atoms with Gasteiger partial charge in [-0.25, -0.2) is 0 Å². The van der Waals surface area contributed by atoms with E-state index in [1.807, 2.05) is 0 Å². The van der Waals surface area contributed by atoms with E-state index < -0.39 is 24.5 Å². The van der Waals surface area contributed by atoms with Crippen LogP contribution >= 0.6 is 12.2 Å². The molecule has 0 aliphatic heterocycles. The first-order valence-corrected chi connectivity index (χ1v) is 4.80. The lowest BCUT2D eigenvalue weighted by Crippen LogP contribution is -2.38. The second-order valence-electron chi connectivity index (χ2n) is 3.14. The first-order valence-electron chi connectivity index (χ1n) is 4.39. The van der Waals surface area contributed by atoms with E-state index in [9.17, 15) is 18.0 Å². The molecule has 0 rings (SSSR count). The maximum atomic E-state index is 11.8. The minimum Gasteiger partial charge on any atom is -0.393 e. The van der Waals surface area contributed by atoms with Crippen LogP contribution in [0.15, 0.2) is 0 Å². The molecule has 88 valence electrons. The average Bonchev–Trinajstić information content (AvgIpc) is 1.98. The molecule has 1 amide bonds. The zero-order chi connectivity index (χ0) is 12.1. The van der Waals surface area contributed by atoms with Crippen molar-refractivity contribution in [2.45, 2.75) is 38.4 Å². The van der Waals surface area contributed by atoms with E-state index in [4.69, 9.17) is 5.73 Å². The number of halogens is 3. The summed E-state index contributed by atoms with van der Waals surface area (Å²) in [6, 6.07) is -0.419. The van der Waals surface area contributed by atoms with Gasteiger partial charge in [0.05, 0.1) is 4.99 Å². The highest BCUT2D eigenvalue weighted by molar-refractivity contribution is 7.80. The van der Waals surface area contributed by atoms with Gasteiger partial charge in [-0.1, -0.05) is 19.1 Å². The van der Waals surface area contributed by atoms with Crippen LogP contribution in [0.25, 0.3) is 0 Å². The summed E-state index contributed by atoms with van der Waals surface area (Å²) in [5, 5.41) is 2.23. The molecule has 15 heavy (non-hydrogen) atoms. The van der Waals surface area contributed by atoms with Crippen molar-refractivity contribution in [2.75, 3.05) is 0 Å². The maximum Gasteiger partial charge on any atom is 0.397 e. The van der Waals surface area contributed by atoms with Crippen LogP contribution < -0.4 is 11.1 Å². The number of hydrogen-bond donors (Lipinski definition) is 2. The van der Waals surface area contributed by atoms with E-state index in [1.54, 1.807) is 6.92 Å². The molecule has 3 nitrogen and oxygen atoms in total. The van der Waals surface area contributed by atoms with Crippen molar-refractivity contribution in [3.8, 4) is 0 Å². The van der Waals surface area contributed by atoms with Gasteiger partial charge >= 0.3 is 6.18 Å². The lowest BCUT2D eigenvalue weighted by Gasteiger charge is -2.16. The van der Waals surface area contributed by atoms with Crippen molar-refractivity contribution < 1.29 is 18.0 Å². The van der Waals surface area contributed by atoms with E-state index in [2.05, 4.69) is 17.5 Å². The summed E-state index contributed by atoms with van der Waals surface area (Å²) in [7, 11) is 0. The molecule has 0 aromatic rings. The summed E-state index contributed by atoms with van der Waals surface area (Å²) in [4.78, 5) is 11.1. The van der Waals surface area contributed by atoms with Crippen LogP contribution in [0.3, 0.4) is 0 Å². The fraction of sp³-hybridized carbons (Fsp3) is 0.750. The maximum absolute atomic E-state index is 11.8. The lowest BCUT2D eigenvalue weighted by atomic mass is 10.1. The fourth-order valence-electron chi connectivity index (χ4n) is 1.00. The van der Waals surface area contributed by atoms with E-state index >= 15 is 0 Å². The number of nitrogens with two attached hydrogens (primary N) is 1. The SMILES string of the molecule is CCC(CC(N)=S)NC(=O)CC(F)(F)F. The van der Waals surface area contributed by atoms with Crippen molar-refractivity contribution in [1.29, 1.82) is 0 Å². The third kappa shape index (κ3) is 8.17. The molecule has 1 atom stereocenters.